The first kappa shape index (κ1) is 9.68. The van der Waals surface area contributed by atoms with Gasteiger partial charge in [0.2, 0.25) is 0 Å². The summed E-state index contributed by atoms with van der Waals surface area (Å²) in [4.78, 5) is 4.31. The van der Waals surface area contributed by atoms with Crippen molar-refractivity contribution < 1.29 is 4.42 Å². The predicted molar refractivity (Wildman–Crippen MR) is 53.4 cm³/mol. The SMILES string of the molecule is Cc1nc(CC2CCN(N)CC2)co1. The van der Waals surface area contributed by atoms with Crippen LogP contribution in [0.25, 0.3) is 0 Å². The van der Waals surface area contributed by atoms with Crippen molar-refractivity contribution in [2.24, 2.45) is 11.8 Å². The lowest BCUT2D eigenvalue weighted by molar-refractivity contribution is 0.187. The number of hydrogen-bond donors (Lipinski definition) is 1. The number of oxazole rings is 1. The minimum Gasteiger partial charge on any atom is -0.449 e. The molecule has 1 fully saturated rings. The number of aromatic nitrogens is 1. The lowest BCUT2D eigenvalue weighted by Gasteiger charge is -2.27. The highest BCUT2D eigenvalue weighted by molar-refractivity contribution is 4.97. The fourth-order valence-corrected chi connectivity index (χ4v) is 1.95. The Balaban J connectivity index is 1.86. The molecular formula is C10H17N3O. The molecule has 1 aromatic rings. The number of piperidine rings is 1. The standard InChI is InChI=1S/C10H17N3O/c1-8-12-10(7-14-8)6-9-2-4-13(11)5-3-9/h7,9H,2-6,11H2,1H3. The summed E-state index contributed by atoms with van der Waals surface area (Å²) in [5.41, 5.74) is 1.08. The molecule has 0 radical (unpaired) electrons. The first-order valence-electron chi connectivity index (χ1n) is 5.14. The smallest absolute Gasteiger partial charge is 0.191 e. The summed E-state index contributed by atoms with van der Waals surface area (Å²) in [5.74, 6) is 7.18. The summed E-state index contributed by atoms with van der Waals surface area (Å²) >= 11 is 0. The molecule has 2 rings (SSSR count). The molecular weight excluding hydrogens is 178 g/mol. The monoisotopic (exact) mass is 195 g/mol. The number of hydrogen-bond acceptors (Lipinski definition) is 4. The van der Waals surface area contributed by atoms with E-state index in [9.17, 15) is 0 Å². The normalized spacial score (nSPS) is 20.1. The van der Waals surface area contributed by atoms with Crippen LogP contribution in [0.15, 0.2) is 10.7 Å². The van der Waals surface area contributed by atoms with E-state index in [0.29, 0.717) is 0 Å². The summed E-state index contributed by atoms with van der Waals surface area (Å²) < 4.78 is 5.18. The lowest BCUT2D eigenvalue weighted by Crippen LogP contribution is -2.39. The van der Waals surface area contributed by atoms with Crippen LogP contribution >= 0.6 is 0 Å². The molecule has 1 saturated heterocycles. The van der Waals surface area contributed by atoms with Crippen molar-refractivity contribution in [3.05, 3.63) is 17.8 Å². The molecule has 2 N–H and O–H groups in total. The third-order valence-corrected chi connectivity index (χ3v) is 2.81. The number of nitrogens with zero attached hydrogens (tertiary/aromatic N) is 2. The van der Waals surface area contributed by atoms with Gasteiger partial charge >= 0.3 is 0 Å². The van der Waals surface area contributed by atoms with E-state index in [1.54, 1.807) is 6.26 Å². The highest BCUT2D eigenvalue weighted by Gasteiger charge is 2.18. The Hall–Kier alpha value is -0.870. The van der Waals surface area contributed by atoms with Crippen LogP contribution in [0.1, 0.15) is 24.4 Å². The van der Waals surface area contributed by atoms with Gasteiger partial charge in [0.1, 0.15) is 6.26 Å². The Morgan fingerprint density at radius 3 is 2.86 bits per heavy atom. The molecule has 0 aromatic carbocycles. The first-order chi connectivity index (χ1) is 6.74. The summed E-state index contributed by atoms with van der Waals surface area (Å²) in [6.07, 6.45) is 5.14. The summed E-state index contributed by atoms with van der Waals surface area (Å²) in [6.45, 7) is 3.88. The summed E-state index contributed by atoms with van der Waals surface area (Å²) in [7, 11) is 0. The van der Waals surface area contributed by atoms with Crippen molar-refractivity contribution in [1.82, 2.24) is 9.99 Å². The molecule has 1 aliphatic heterocycles. The van der Waals surface area contributed by atoms with Crippen LogP contribution in [0.2, 0.25) is 0 Å². The lowest BCUT2D eigenvalue weighted by atomic mass is 9.93. The van der Waals surface area contributed by atoms with Gasteiger partial charge in [-0.2, -0.15) is 0 Å². The van der Waals surface area contributed by atoms with Crippen LogP contribution < -0.4 is 5.84 Å². The average molecular weight is 195 g/mol. The van der Waals surface area contributed by atoms with Gasteiger partial charge in [0, 0.05) is 20.0 Å². The van der Waals surface area contributed by atoms with Gasteiger partial charge in [-0.05, 0) is 25.2 Å². The molecule has 0 saturated carbocycles. The van der Waals surface area contributed by atoms with Crippen LogP contribution in [0.5, 0.6) is 0 Å². The molecule has 0 atom stereocenters. The largest absolute Gasteiger partial charge is 0.449 e. The van der Waals surface area contributed by atoms with E-state index >= 15 is 0 Å². The maximum absolute atomic E-state index is 5.69. The molecule has 1 aliphatic rings. The van der Waals surface area contributed by atoms with Crippen molar-refractivity contribution in [2.45, 2.75) is 26.2 Å². The molecule has 0 spiro atoms. The van der Waals surface area contributed by atoms with Crippen molar-refractivity contribution >= 4 is 0 Å². The molecule has 4 heteroatoms. The maximum Gasteiger partial charge on any atom is 0.191 e. The molecule has 0 bridgehead atoms. The zero-order valence-corrected chi connectivity index (χ0v) is 8.57. The summed E-state index contributed by atoms with van der Waals surface area (Å²) in [6, 6.07) is 0. The van der Waals surface area contributed by atoms with E-state index in [0.717, 1.165) is 37.0 Å². The van der Waals surface area contributed by atoms with Gasteiger partial charge in [-0.25, -0.2) is 9.99 Å². The van der Waals surface area contributed by atoms with Crippen LogP contribution in [-0.2, 0) is 6.42 Å². The molecule has 0 amide bonds. The van der Waals surface area contributed by atoms with Gasteiger partial charge in [0.05, 0.1) is 5.69 Å². The van der Waals surface area contributed by atoms with Crippen molar-refractivity contribution in [2.75, 3.05) is 13.1 Å². The third-order valence-electron chi connectivity index (χ3n) is 2.81. The Morgan fingerprint density at radius 1 is 1.57 bits per heavy atom. The quantitative estimate of drug-likeness (QED) is 0.718. The van der Waals surface area contributed by atoms with Crippen LogP contribution in [-0.4, -0.2) is 23.1 Å². The molecule has 0 aliphatic carbocycles. The topological polar surface area (TPSA) is 55.3 Å². The van der Waals surface area contributed by atoms with E-state index in [-0.39, 0.29) is 0 Å². The van der Waals surface area contributed by atoms with E-state index in [1.165, 1.54) is 12.8 Å². The Kier molecular flexibility index (Phi) is 2.84. The zero-order valence-electron chi connectivity index (χ0n) is 8.57. The van der Waals surface area contributed by atoms with Gasteiger partial charge in [0.25, 0.3) is 0 Å². The first-order valence-corrected chi connectivity index (χ1v) is 5.14. The van der Waals surface area contributed by atoms with Crippen LogP contribution in [0, 0.1) is 12.8 Å². The van der Waals surface area contributed by atoms with Crippen molar-refractivity contribution in [3.63, 3.8) is 0 Å². The maximum atomic E-state index is 5.69. The highest BCUT2D eigenvalue weighted by atomic mass is 16.3. The van der Waals surface area contributed by atoms with Crippen molar-refractivity contribution in [1.29, 1.82) is 0 Å². The Bertz CT molecular complexity index is 289. The van der Waals surface area contributed by atoms with Crippen LogP contribution in [0.3, 0.4) is 0 Å². The fourth-order valence-electron chi connectivity index (χ4n) is 1.95. The minimum absolute atomic E-state index is 0.722. The highest BCUT2D eigenvalue weighted by Crippen LogP contribution is 2.19. The molecule has 2 heterocycles. The van der Waals surface area contributed by atoms with Gasteiger partial charge < -0.3 is 4.42 Å². The average Bonchev–Trinajstić information content (AvgIpc) is 2.56. The predicted octanol–water partition coefficient (Wildman–Crippen LogP) is 1.11. The van der Waals surface area contributed by atoms with Gasteiger partial charge in [-0.15, -0.1) is 0 Å². The zero-order chi connectivity index (χ0) is 9.97. The van der Waals surface area contributed by atoms with E-state index in [1.807, 2.05) is 11.9 Å². The van der Waals surface area contributed by atoms with Gasteiger partial charge in [-0.3, -0.25) is 5.84 Å². The van der Waals surface area contributed by atoms with Crippen molar-refractivity contribution in [3.8, 4) is 0 Å². The molecule has 1 aromatic heterocycles. The fraction of sp³-hybridized carbons (Fsp3) is 0.700. The second kappa shape index (κ2) is 4.11. The number of aryl methyl sites for hydroxylation is 1. The number of rotatable bonds is 2. The van der Waals surface area contributed by atoms with E-state index < -0.39 is 0 Å². The van der Waals surface area contributed by atoms with Gasteiger partial charge in [-0.1, -0.05) is 0 Å². The molecule has 4 nitrogen and oxygen atoms in total. The summed E-state index contributed by atoms with van der Waals surface area (Å²) in [5, 5.41) is 1.89. The second-order valence-corrected chi connectivity index (χ2v) is 4.04. The Labute approximate surface area is 84.1 Å². The third kappa shape index (κ3) is 2.33. The van der Waals surface area contributed by atoms with Gasteiger partial charge in [0.15, 0.2) is 5.89 Å². The second-order valence-electron chi connectivity index (χ2n) is 4.04. The number of nitrogens with two attached hydrogens (primary N) is 1. The number of hydrazine groups is 1. The Morgan fingerprint density at radius 2 is 2.29 bits per heavy atom. The molecule has 78 valence electrons. The molecule has 0 unspecified atom stereocenters. The van der Waals surface area contributed by atoms with E-state index in [2.05, 4.69) is 4.98 Å². The molecule has 14 heavy (non-hydrogen) atoms. The minimum atomic E-state index is 0.722. The van der Waals surface area contributed by atoms with Crippen LogP contribution in [0.4, 0.5) is 0 Å². The van der Waals surface area contributed by atoms with E-state index in [4.69, 9.17) is 10.3 Å².